The highest BCUT2D eigenvalue weighted by Gasteiger charge is 2.45. The normalized spacial score (nSPS) is 17.4. The number of halogens is 1. The summed E-state index contributed by atoms with van der Waals surface area (Å²) in [6.45, 7) is 8.86. The van der Waals surface area contributed by atoms with Crippen molar-refractivity contribution in [3.05, 3.63) is 128 Å². The third-order valence-electron chi connectivity index (χ3n) is 13.1. The Morgan fingerprint density at radius 3 is 2.58 bits per heavy atom. The summed E-state index contributed by atoms with van der Waals surface area (Å²) in [4.78, 5) is 85.3. The molecular formula is C53H56ClN8O10+. The van der Waals surface area contributed by atoms with Gasteiger partial charge in [-0.05, 0) is 79.9 Å². The van der Waals surface area contributed by atoms with Crippen LogP contribution in [0.2, 0.25) is 5.02 Å². The molecule has 4 aromatic carbocycles. The Balaban J connectivity index is 0.707. The Morgan fingerprint density at radius 2 is 1.79 bits per heavy atom. The van der Waals surface area contributed by atoms with Crippen molar-refractivity contribution in [2.45, 2.75) is 38.8 Å². The van der Waals surface area contributed by atoms with E-state index in [-0.39, 0.29) is 46.8 Å². The van der Waals surface area contributed by atoms with Crippen LogP contribution in [0.5, 0.6) is 11.5 Å². The van der Waals surface area contributed by atoms with Gasteiger partial charge < -0.3 is 34.5 Å². The molecule has 19 heteroatoms. The largest absolute Gasteiger partial charge is 0.507 e. The second-order valence-electron chi connectivity index (χ2n) is 17.8. The SMILES string of the molecule is CCOc1cc(O)c(C(=O)/C=C/c2ccc(N3CC=[N+](CCOCCOCCNc4cccc5c4C(=O)N(C4CCC(=O)NC4=O)C5=O)CC3)cc2Cl)cc1CN1CCC=C(n2c(=O)[nH]c3ccccc32)C1. The van der Waals surface area contributed by atoms with Gasteiger partial charge >= 0.3 is 5.69 Å². The van der Waals surface area contributed by atoms with Crippen molar-refractivity contribution in [2.24, 2.45) is 0 Å². The third-order valence-corrected chi connectivity index (χ3v) is 13.5. The van der Waals surface area contributed by atoms with Crippen molar-refractivity contribution in [2.75, 3.05) is 89.1 Å². The quantitative estimate of drug-likeness (QED) is 0.0261. The summed E-state index contributed by atoms with van der Waals surface area (Å²) in [5.74, 6) is -2.27. The number of H-pyrrole nitrogens is 1. The monoisotopic (exact) mass is 999 g/mol. The summed E-state index contributed by atoms with van der Waals surface area (Å²) in [5.41, 5.74) is 5.65. The highest BCUT2D eigenvalue weighted by Crippen LogP contribution is 2.34. The topological polar surface area (TPSA) is 208 Å². The number of piperidine rings is 1. The van der Waals surface area contributed by atoms with Crippen LogP contribution in [0, 0.1) is 0 Å². The van der Waals surface area contributed by atoms with E-state index < -0.39 is 29.7 Å². The van der Waals surface area contributed by atoms with E-state index in [0.29, 0.717) is 87.8 Å². The number of benzene rings is 4. The smallest absolute Gasteiger partial charge is 0.330 e. The maximum atomic E-state index is 13.6. The maximum absolute atomic E-state index is 13.6. The van der Waals surface area contributed by atoms with Gasteiger partial charge in [0.25, 0.3) is 11.8 Å². The number of hydrogen-bond donors (Lipinski definition) is 4. The molecule has 4 amide bonds. The number of ether oxygens (including phenoxy) is 3. The highest BCUT2D eigenvalue weighted by molar-refractivity contribution is 6.32. The standard InChI is InChI=1S/C53H55ClN8O10/c1-2-72-47-31-46(64)39(29-35(47)32-59-19-6-7-37(33-59)61-43-11-4-3-9-41(43)56-53(61)69)45(63)16-13-34-12-14-36(30-40(34)54)60-22-20-58(21-23-60)24-26-71-28-27-70-25-18-55-42-10-5-8-38-49(42)52(68)62(51(38)67)44-15-17-48(65)57-50(44)66/h3-5,7-14,16,20,29-31,44H,2,6,15,17-19,21-28,32-33H2,1H3,(H3-,55,56,57,63,64,65,66,68,69)/p+1/b16-13+. The molecule has 0 aliphatic carbocycles. The fourth-order valence-corrected chi connectivity index (χ4v) is 9.74. The number of hydrogen-bond acceptors (Lipinski definition) is 13. The zero-order valence-electron chi connectivity index (χ0n) is 39.9. The number of nitrogens with one attached hydrogen (secondary N) is 3. The number of nitrogens with zero attached hydrogens (tertiary/aromatic N) is 5. The number of amides is 4. The number of fused-ring (bicyclic) bond motifs is 2. The molecule has 4 aliphatic rings. The molecule has 1 atom stereocenters. The molecule has 1 aromatic heterocycles. The number of aromatic hydroxyl groups is 1. The van der Waals surface area contributed by atoms with Gasteiger partial charge in [0.05, 0.1) is 67.2 Å². The van der Waals surface area contributed by atoms with Gasteiger partial charge in [0.2, 0.25) is 11.8 Å². The van der Waals surface area contributed by atoms with E-state index >= 15 is 0 Å². The van der Waals surface area contributed by atoms with E-state index in [1.807, 2.05) is 49.4 Å². The predicted octanol–water partition coefficient (Wildman–Crippen LogP) is 5.18. The van der Waals surface area contributed by atoms with E-state index in [4.69, 9.17) is 25.8 Å². The molecule has 1 fully saturated rings. The van der Waals surface area contributed by atoms with Crippen LogP contribution in [-0.4, -0.2) is 150 Å². The first kappa shape index (κ1) is 49.6. The number of aromatic nitrogens is 2. The van der Waals surface area contributed by atoms with Gasteiger partial charge in [0.15, 0.2) is 25.1 Å². The Kier molecular flexibility index (Phi) is 15.4. The molecule has 72 heavy (non-hydrogen) atoms. The lowest BCUT2D eigenvalue weighted by atomic mass is 10.0. The third kappa shape index (κ3) is 10.9. The van der Waals surface area contributed by atoms with Crippen LogP contribution >= 0.6 is 11.6 Å². The van der Waals surface area contributed by atoms with E-state index in [1.165, 1.54) is 12.1 Å². The first-order chi connectivity index (χ1) is 35.0. The molecule has 0 saturated carbocycles. The molecule has 9 rings (SSSR count). The summed E-state index contributed by atoms with van der Waals surface area (Å²) in [6, 6.07) is 20.4. The molecule has 5 heterocycles. The van der Waals surface area contributed by atoms with Gasteiger partial charge in [0.1, 0.15) is 24.1 Å². The average Bonchev–Trinajstić information content (AvgIpc) is 3.85. The van der Waals surface area contributed by atoms with Gasteiger partial charge in [-0.15, -0.1) is 0 Å². The Bertz CT molecular complexity index is 3090. The Morgan fingerprint density at radius 1 is 0.958 bits per heavy atom. The number of allylic oxidation sites excluding steroid dienone is 1. The fourth-order valence-electron chi connectivity index (χ4n) is 9.50. The summed E-state index contributed by atoms with van der Waals surface area (Å²) >= 11 is 6.77. The molecule has 1 unspecified atom stereocenters. The molecule has 4 aliphatic heterocycles. The van der Waals surface area contributed by atoms with Crippen LogP contribution in [0.3, 0.4) is 0 Å². The van der Waals surface area contributed by atoms with Gasteiger partial charge in [-0.1, -0.05) is 41.9 Å². The van der Waals surface area contributed by atoms with Crippen molar-refractivity contribution >= 4 is 81.4 Å². The Hall–Kier alpha value is -7.38. The predicted molar refractivity (Wildman–Crippen MR) is 272 cm³/mol. The minimum Gasteiger partial charge on any atom is -0.507 e. The van der Waals surface area contributed by atoms with Crippen molar-refractivity contribution in [3.8, 4) is 11.5 Å². The lowest BCUT2D eigenvalue weighted by Gasteiger charge is -2.28. The number of imidazole rings is 1. The van der Waals surface area contributed by atoms with Gasteiger partial charge in [-0.3, -0.25) is 43.7 Å². The number of rotatable bonds is 20. The van der Waals surface area contributed by atoms with E-state index in [9.17, 15) is 33.9 Å². The van der Waals surface area contributed by atoms with E-state index in [1.54, 1.807) is 34.9 Å². The van der Waals surface area contributed by atoms with Crippen molar-refractivity contribution in [3.63, 3.8) is 0 Å². The second-order valence-corrected chi connectivity index (χ2v) is 18.2. The molecule has 374 valence electrons. The fraction of sp³-hybridized carbons (Fsp3) is 0.340. The number of phenols is 1. The molecule has 5 aromatic rings. The summed E-state index contributed by atoms with van der Waals surface area (Å²) in [7, 11) is 0. The van der Waals surface area contributed by atoms with Crippen LogP contribution in [0.1, 0.15) is 68.4 Å². The minimum atomic E-state index is -1.03. The van der Waals surface area contributed by atoms with Crippen LogP contribution in [0.4, 0.5) is 11.4 Å². The van der Waals surface area contributed by atoms with Crippen molar-refractivity contribution < 1.29 is 47.9 Å². The number of para-hydroxylation sites is 2. The molecular weight excluding hydrogens is 944 g/mol. The second kappa shape index (κ2) is 22.4. The number of ketones is 1. The van der Waals surface area contributed by atoms with E-state index in [0.717, 1.165) is 58.9 Å². The highest BCUT2D eigenvalue weighted by atomic mass is 35.5. The van der Waals surface area contributed by atoms with Crippen molar-refractivity contribution in [1.82, 2.24) is 24.7 Å². The summed E-state index contributed by atoms with van der Waals surface area (Å²) in [5, 5.41) is 16.9. The molecule has 18 nitrogen and oxygen atoms in total. The van der Waals surface area contributed by atoms with Crippen LogP contribution in [0.25, 0.3) is 22.8 Å². The van der Waals surface area contributed by atoms with Crippen molar-refractivity contribution in [1.29, 1.82) is 0 Å². The molecule has 0 radical (unpaired) electrons. The van der Waals surface area contributed by atoms with Crippen LogP contribution < -0.4 is 26.0 Å². The summed E-state index contributed by atoms with van der Waals surface area (Å²) < 4.78 is 21.4. The lowest BCUT2D eigenvalue weighted by Crippen LogP contribution is -2.54. The average molecular weight is 1000 g/mol. The molecule has 1 saturated heterocycles. The number of phenolic OH excluding ortho intramolecular Hbond substituents is 1. The zero-order chi connectivity index (χ0) is 50.3. The number of carbonyl (C=O) groups is 5. The minimum absolute atomic E-state index is 0.0541. The number of imide groups is 2. The Labute approximate surface area is 420 Å². The summed E-state index contributed by atoms with van der Waals surface area (Å²) in [6.07, 6.45) is 8.16. The molecule has 0 bridgehead atoms. The van der Waals surface area contributed by atoms with Gasteiger partial charge in [-0.2, -0.15) is 0 Å². The number of carbonyl (C=O) groups excluding carboxylic acids is 5. The molecule has 4 N–H and O–H groups in total. The number of anilines is 2. The van der Waals surface area contributed by atoms with Gasteiger partial charge in [-0.25, -0.2) is 9.37 Å². The maximum Gasteiger partial charge on any atom is 0.330 e. The number of aromatic amines is 1. The molecule has 0 spiro atoms. The van der Waals surface area contributed by atoms with Crippen LogP contribution in [-0.2, 0) is 25.6 Å². The van der Waals surface area contributed by atoms with Crippen LogP contribution in [0.15, 0.2) is 89.7 Å². The first-order valence-electron chi connectivity index (χ1n) is 24.2. The van der Waals surface area contributed by atoms with E-state index in [2.05, 4.69) is 42.3 Å². The first-order valence-corrected chi connectivity index (χ1v) is 24.5. The lowest BCUT2D eigenvalue weighted by molar-refractivity contribution is -0.527. The van der Waals surface area contributed by atoms with Gasteiger partial charge in [0, 0.05) is 66.3 Å². The zero-order valence-corrected chi connectivity index (χ0v) is 40.6.